The molecule has 0 radical (unpaired) electrons. The molecule has 1 aromatic heterocycles. The van der Waals surface area contributed by atoms with E-state index in [4.69, 9.17) is 21.4 Å². The van der Waals surface area contributed by atoms with E-state index in [1.165, 1.54) is 0 Å². The number of morpholine rings is 1. The fourth-order valence-corrected chi connectivity index (χ4v) is 2.97. The molecule has 2 aromatic rings. The number of pyridine rings is 1. The van der Waals surface area contributed by atoms with Crippen LogP contribution in [0.15, 0.2) is 42.6 Å². The van der Waals surface area contributed by atoms with Crippen LogP contribution < -0.4 is 0 Å². The third kappa shape index (κ3) is 4.15. The van der Waals surface area contributed by atoms with Crippen molar-refractivity contribution in [1.82, 2.24) is 9.88 Å². The summed E-state index contributed by atoms with van der Waals surface area (Å²) in [6.45, 7) is 0.940. The molecule has 0 saturated carbocycles. The maximum Gasteiger partial charge on any atom is 0.306 e. The number of carbonyl (C=O) groups excluding carboxylic acids is 1. The summed E-state index contributed by atoms with van der Waals surface area (Å²) in [4.78, 5) is 29.6. The SMILES string of the molecule is O=C(O)CC1CN(C(=O)c2cc(-c3ccccn3)ccc2Cl)CCO1. The van der Waals surface area contributed by atoms with Crippen LogP contribution >= 0.6 is 11.6 Å². The highest BCUT2D eigenvalue weighted by molar-refractivity contribution is 6.34. The number of carboxylic acids is 1. The average molecular weight is 361 g/mol. The summed E-state index contributed by atoms with van der Waals surface area (Å²) in [5, 5.41) is 9.26. The summed E-state index contributed by atoms with van der Waals surface area (Å²) in [5.74, 6) is -1.18. The second kappa shape index (κ2) is 7.63. The number of benzene rings is 1. The third-order valence-electron chi connectivity index (χ3n) is 3.99. The van der Waals surface area contributed by atoms with Gasteiger partial charge in [-0.1, -0.05) is 23.7 Å². The predicted octanol–water partition coefficient (Wildman–Crippen LogP) is 2.72. The fourth-order valence-electron chi connectivity index (χ4n) is 2.77. The minimum absolute atomic E-state index is 0.133. The van der Waals surface area contributed by atoms with E-state index in [2.05, 4.69) is 4.98 Å². The van der Waals surface area contributed by atoms with Gasteiger partial charge in [-0.05, 0) is 24.3 Å². The molecule has 1 N–H and O–H groups in total. The second-order valence-electron chi connectivity index (χ2n) is 5.75. The quantitative estimate of drug-likeness (QED) is 0.906. The first-order chi connectivity index (χ1) is 12.0. The molecule has 3 rings (SSSR count). The topological polar surface area (TPSA) is 79.7 Å². The summed E-state index contributed by atoms with van der Waals surface area (Å²) < 4.78 is 5.41. The Kier molecular flexibility index (Phi) is 5.31. The Morgan fingerprint density at radius 3 is 2.88 bits per heavy atom. The van der Waals surface area contributed by atoms with Gasteiger partial charge in [-0.25, -0.2) is 0 Å². The number of rotatable bonds is 4. The molecule has 1 amide bonds. The van der Waals surface area contributed by atoms with E-state index in [0.717, 1.165) is 11.3 Å². The number of hydrogen-bond donors (Lipinski definition) is 1. The molecule has 1 atom stereocenters. The van der Waals surface area contributed by atoms with E-state index in [0.29, 0.717) is 23.7 Å². The molecule has 25 heavy (non-hydrogen) atoms. The zero-order chi connectivity index (χ0) is 17.8. The Bertz CT molecular complexity index is 782. The molecular weight excluding hydrogens is 344 g/mol. The van der Waals surface area contributed by atoms with Gasteiger partial charge >= 0.3 is 5.97 Å². The van der Waals surface area contributed by atoms with Crippen LogP contribution in [0.25, 0.3) is 11.3 Å². The van der Waals surface area contributed by atoms with Crippen LogP contribution in [0.1, 0.15) is 16.8 Å². The number of carboxylic acid groups (broad SMARTS) is 1. The molecule has 6 nitrogen and oxygen atoms in total. The molecule has 7 heteroatoms. The molecule has 0 bridgehead atoms. The van der Waals surface area contributed by atoms with Gasteiger partial charge in [0.15, 0.2) is 0 Å². The Morgan fingerprint density at radius 2 is 2.16 bits per heavy atom. The van der Waals surface area contributed by atoms with Crippen molar-refractivity contribution in [2.45, 2.75) is 12.5 Å². The molecule has 1 unspecified atom stereocenters. The molecule has 0 aliphatic carbocycles. The Labute approximate surface area is 150 Å². The van der Waals surface area contributed by atoms with Crippen molar-refractivity contribution in [3.8, 4) is 11.3 Å². The van der Waals surface area contributed by atoms with Crippen molar-refractivity contribution >= 4 is 23.5 Å². The van der Waals surface area contributed by atoms with Crippen molar-refractivity contribution in [1.29, 1.82) is 0 Å². The van der Waals surface area contributed by atoms with E-state index in [1.54, 1.807) is 23.2 Å². The maximum atomic E-state index is 12.9. The molecule has 1 aliphatic rings. The molecule has 1 fully saturated rings. The third-order valence-corrected chi connectivity index (χ3v) is 4.32. The molecule has 1 aromatic carbocycles. The highest BCUT2D eigenvalue weighted by Crippen LogP contribution is 2.25. The largest absolute Gasteiger partial charge is 0.481 e. The summed E-state index contributed by atoms with van der Waals surface area (Å²) in [5.41, 5.74) is 1.92. The van der Waals surface area contributed by atoms with Crippen molar-refractivity contribution in [2.24, 2.45) is 0 Å². The number of halogens is 1. The van der Waals surface area contributed by atoms with Gasteiger partial charge in [0.1, 0.15) is 0 Å². The first kappa shape index (κ1) is 17.4. The molecule has 0 spiro atoms. The number of nitrogens with zero attached hydrogens (tertiary/aromatic N) is 2. The minimum atomic E-state index is -0.950. The van der Waals surface area contributed by atoms with Crippen LogP contribution in [-0.4, -0.2) is 52.7 Å². The molecule has 1 saturated heterocycles. The van der Waals surface area contributed by atoms with Crippen LogP contribution in [-0.2, 0) is 9.53 Å². The van der Waals surface area contributed by atoms with Gasteiger partial charge in [0, 0.05) is 24.8 Å². The molecule has 1 aliphatic heterocycles. The van der Waals surface area contributed by atoms with E-state index in [1.807, 2.05) is 24.3 Å². The summed E-state index contributed by atoms with van der Waals surface area (Å²) in [7, 11) is 0. The Hall–Kier alpha value is -2.44. The number of carbonyl (C=O) groups is 2. The average Bonchev–Trinajstić information content (AvgIpc) is 2.62. The summed E-state index contributed by atoms with van der Waals surface area (Å²) >= 11 is 6.23. The van der Waals surface area contributed by atoms with Gasteiger partial charge in [-0.3, -0.25) is 14.6 Å². The van der Waals surface area contributed by atoms with E-state index < -0.39 is 12.1 Å². The van der Waals surface area contributed by atoms with Crippen LogP contribution in [0.3, 0.4) is 0 Å². The summed E-state index contributed by atoms with van der Waals surface area (Å²) in [6.07, 6.45) is 1.04. The maximum absolute atomic E-state index is 12.9. The molecule has 2 heterocycles. The lowest BCUT2D eigenvalue weighted by Gasteiger charge is -2.32. The lowest BCUT2D eigenvalue weighted by molar-refractivity contribution is -0.141. The van der Waals surface area contributed by atoms with Crippen LogP contribution in [0, 0.1) is 0 Å². The lowest BCUT2D eigenvalue weighted by Crippen LogP contribution is -2.46. The highest BCUT2D eigenvalue weighted by Gasteiger charge is 2.27. The van der Waals surface area contributed by atoms with Gasteiger partial charge in [0.05, 0.1) is 35.4 Å². The van der Waals surface area contributed by atoms with E-state index >= 15 is 0 Å². The normalized spacial score (nSPS) is 17.3. The van der Waals surface area contributed by atoms with Crippen LogP contribution in [0.2, 0.25) is 5.02 Å². The number of aliphatic carboxylic acids is 1. The second-order valence-corrected chi connectivity index (χ2v) is 6.16. The van der Waals surface area contributed by atoms with Gasteiger partial charge in [0.2, 0.25) is 0 Å². The highest BCUT2D eigenvalue weighted by atomic mass is 35.5. The van der Waals surface area contributed by atoms with Gasteiger partial charge in [-0.2, -0.15) is 0 Å². The Balaban J connectivity index is 1.83. The minimum Gasteiger partial charge on any atom is -0.481 e. The van der Waals surface area contributed by atoms with Crippen molar-refractivity contribution < 1.29 is 19.4 Å². The smallest absolute Gasteiger partial charge is 0.306 e. The van der Waals surface area contributed by atoms with Crippen LogP contribution in [0.4, 0.5) is 0 Å². The van der Waals surface area contributed by atoms with E-state index in [-0.39, 0.29) is 18.9 Å². The van der Waals surface area contributed by atoms with Crippen molar-refractivity contribution in [3.63, 3.8) is 0 Å². The zero-order valence-electron chi connectivity index (χ0n) is 13.4. The standard InChI is InChI=1S/C18H17ClN2O4/c19-15-5-4-12(16-3-1-2-6-20-16)9-14(15)18(24)21-7-8-25-13(11-21)10-17(22)23/h1-6,9,13H,7-8,10-11H2,(H,22,23). The first-order valence-electron chi connectivity index (χ1n) is 7.88. The van der Waals surface area contributed by atoms with Gasteiger partial charge in [-0.15, -0.1) is 0 Å². The number of ether oxygens (including phenoxy) is 1. The predicted molar refractivity (Wildman–Crippen MR) is 92.6 cm³/mol. The van der Waals surface area contributed by atoms with E-state index in [9.17, 15) is 9.59 Å². The fraction of sp³-hybridized carbons (Fsp3) is 0.278. The van der Waals surface area contributed by atoms with Gasteiger partial charge in [0.25, 0.3) is 5.91 Å². The molecule has 130 valence electrons. The number of aromatic nitrogens is 1. The van der Waals surface area contributed by atoms with Crippen molar-refractivity contribution in [2.75, 3.05) is 19.7 Å². The monoisotopic (exact) mass is 360 g/mol. The zero-order valence-corrected chi connectivity index (χ0v) is 14.1. The molecular formula is C18H17ClN2O4. The van der Waals surface area contributed by atoms with Gasteiger partial charge < -0.3 is 14.7 Å². The van der Waals surface area contributed by atoms with Crippen LogP contribution in [0.5, 0.6) is 0 Å². The first-order valence-corrected chi connectivity index (χ1v) is 8.26. The van der Waals surface area contributed by atoms with Crippen molar-refractivity contribution in [3.05, 3.63) is 53.2 Å². The number of hydrogen-bond acceptors (Lipinski definition) is 4. The lowest BCUT2D eigenvalue weighted by atomic mass is 10.1. The summed E-state index contributed by atoms with van der Waals surface area (Å²) in [6, 6.07) is 10.8. The Morgan fingerprint density at radius 1 is 1.32 bits per heavy atom. The number of amides is 1.